The van der Waals surface area contributed by atoms with Crippen LogP contribution >= 0.6 is 0 Å². The molecule has 1 unspecified atom stereocenters. The second-order valence-electron chi connectivity index (χ2n) is 5.99. The summed E-state index contributed by atoms with van der Waals surface area (Å²) in [5.74, 6) is -0.883. The van der Waals surface area contributed by atoms with E-state index in [1.165, 1.54) is 32.0 Å². The van der Waals surface area contributed by atoms with E-state index in [0.29, 0.717) is 16.8 Å². The third kappa shape index (κ3) is 5.74. The van der Waals surface area contributed by atoms with E-state index in [1.807, 2.05) is 0 Å². The SMILES string of the molecule is CC(=O)Nc1cccc(C(=O)CC(NC(C)=O)c2cccc([N+](=O)[O-])c2)c1. The zero-order chi connectivity index (χ0) is 20.0. The highest BCUT2D eigenvalue weighted by Crippen LogP contribution is 2.24. The molecule has 2 N–H and O–H groups in total. The second-order valence-corrected chi connectivity index (χ2v) is 5.99. The lowest BCUT2D eigenvalue weighted by Crippen LogP contribution is -2.28. The largest absolute Gasteiger partial charge is 0.349 e. The van der Waals surface area contributed by atoms with Crippen LogP contribution in [0.1, 0.15) is 42.2 Å². The highest BCUT2D eigenvalue weighted by molar-refractivity contribution is 5.98. The molecule has 0 aliphatic carbocycles. The minimum atomic E-state index is -0.709. The normalized spacial score (nSPS) is 11.3. The first-order chi connectivity index (χ1) is 12.8. The van der Waals surface area contributed by atoms with Crippen molar-refractivity contribution in [3.05, 3.63) is 69.8 Å². The Morgan fingerprint density at radius 1 is 1.04 bits per heavy atom. The Bertz CT molecular complexity index is 894. The number of anilines is 1. The van der Waals surface area contributed by atoms with Gasteiger partial charge in [0.1, 0.15) is 0 Å². The number of rotatable bonds is 7. The topological polar surface area (TPSA) is 118 Å². The molecule has 1 atom stereocenters. The summed E-state index contributed by atoms with van der Waals surface area (Å²) in [7, 11) is 0. The first kappa shape index (κ1) is 19.8. The van der Waals surface area contributed by atoms with Crippen molar-refractivity contribution in [1.29, 1.82) is 0 Å². The quantitative estimate of drug-likeness (QED) is 0.442. The molecule has 0 saturated carbocycles. The van der Waals surface area contributed by atoms with Gasteiger partial charge in [-0.2, -0.15) is 0 Å². The number of hydrogen-bond acceptors (Lipinski definition) is 5. The van der Waals surface area contributed by atoms with Crippen LogP contribution in [0.25, 0.3) is 0 Å². The molecule has 0 saturated heterocycles. The number of nitro groups is 1. The van der Waals surface area contributed by atoms with Gasteiger partial charge in [-0.3, -0.25) is 24.5 Å². The van der Waals surface area contributed by atoms with Gasteiger partial charge in [0.25, 0.3) is 5.69 Å². The maximum atomic E-state index is 12.7. The van der Waals surface area contributed by atoms with Crippen molar-refractivity contribution in [2.75, 3.05) is 5.32 Å². The van der Waals surface area contributed by atoms with E-state index in [1.54, 1.807) is 30.3 Å². The van der Waals surface area contributed by atoms with Crippen molar-refractivity contribution < 1.29 is 19.3 Å². The van der Waals surface area contributed by atoms with Crippen LogP contribution in [-0.2, 0) is 9.59 Å². The summed E-state index contributed by atoms with van der Waals surface area (Å²) in [6, 6.07) is 11.5. The minimum Gasteiger partial charge on any atom is -0.349 e. The van der Waals surface area contributed by atoms with E-state index in [-0.39, 0.29) is 29.7 Å². The maximum absolute atomic E-state index is 12.7. The Morgan fingerprint density at radius 2 is 1.74 bits per heavy atom. The number of carbonyl (C=O) groups is 3. The van der Waals surface area contributed by atoms with Crippen LogP contribution in [0, 0.1) is 10.1 Å². The number of nitrogens with zero attached hydrogens (tertiary/aromatic N) is 1. The molecule has 140 valence electrons. The lowest BCUT2D eigenvalue weighted by Gasteiger charge is -2.18. The predicted octanol–water partition coefficient (Wildman–Crippen LogP) is 3.00. The Hall–Kier alpha value is -3.55. The van der Waals surface area contributed by atoms with Gasteiger partial charge in [0.2, 0.25) is 11.8 Å². The van der Waals surface area contributed by atoms with Crippen LogP contribution in [-0.4, -0.2) is 22.5 Å². The molecule has 0 aromatic heterocycles. The summed E-state index contributed by atoms with van der Waals surface area (Å²) in [4.78, 5) is 45.8. The fourth-order valence-corrected chi connectivity index (χ4v) is 2.63. The summed E-state index contributed by atoms with van der Waals surface area (Å²) in [5, 5.41) is 16.2. The van der Waals surface area contributed by atoms with Gasteiger partial charge in [-0.15, -0.1) is 0 Å². The fraction of sp³-hybridized carbons (Fsp3) is 0.211. The van der Waals surface area contributed by atoms with Gasteiger partial charge in [0, 0.05) is 43.7 Å². The predicted molar refractivity (Wildman–Crippen MR) is 99.3 cm³/mol. The number of carbonyl (C=O) groups excluding carboxylic acids is 3. The minimum absolute atomic E-state index is 0.0791. The maximum Gasteiger partial charge on any atom is 0.269 e. The van der Waals surface area contributed by atoms with Gasteiger partial charge in [0.05, 0.1) is 11.0 Å². The van der Waals surface area contributed by atoms with Crippen LogP contribution in [0.15, 0.2) is 48.5 Å². The molecule has 0 heterocycles. The molecule has 0 fully saturated rings. The molecule has 2 aromatic rings. The highest BCUT2D eigenvalue weighted by Gasteiger charge is 2.20. The molecule has 0 radical (unpaired) electrons. The average molecular weight is 369 g/mol. The van der Waals surface area contributed by atoms with E-state index < -0.39 is 11.0 Å². The van der Waals surface area contributed by atoms with Crippen molar-refractivity contribution in [3.63, 3.8) is 0 Å². The number of nitro benzene ring substituents is 1. The first-order valence-corrected chi connectivity index (χ1v) is 8.18. The number of Topliss-reactive ketones (excluding diaryl/α,β-unsaturated/α-hetero) is 1. The van der Waals surface area contributed by atoms with Crippen LogP contribution in [0.4, 0.5) is 11.4 Å². The van der Waals surface area contributed by atoms with Gasteiger partial charge < -0.3 is 10.6 Å². The van der Waals surface area contributed by atoms with Gasteiger partial charge in [-0.25, -0.2) is 0 Å². The van der Waals surface area contributed by atoms with E-state index in [9.17, 15) is 24.5 Å². The Kier molecular flexibility index (Phi) is 6.37. The van der Waals surface area contributed by atoms with E-state index >= 15 is 0 Å². The molecular formula is C19H19N3O5. The van der Waals surface area contributed by atoms with Gasteiger partial charge in [-0.05, 0) is 17.7 Å². The number of benzene rings is 2. The first-order valence-electron chi connectivity index (χ1n) is 8.18. The molecule has 0 aliphatic heterocycles. The number of non-ortho nitro benzene ring substituents is 1. The zero-order valence-electron chi connectivity index (χ0n) is 14.9. The number of ketones is 1. The second kappa shape index (κ2) is 8.70. The third-order valence-electron chi connectivity index (χ3n) is 3.76. The lowest BCUT2D eigenvalue weighted by molar-refractivity contribution is -0.384. The molecule has 0 aliphatic rings. The molecule has 27 heavy (non-hydrogen) atoms. The molecule has 0 spiro atoms. The van der Waals surface area contributed by atoms with Crippen LogP contribution in [0.2, 0.25) is 0 Å². The average Bonchev–Trinajstić information content (AvgIpc) is 2.60. The smallest absolute Gasteiger partial charge is 0.269 e. The van der Waals surface area contributed by atoms with Crippen molar-refractivity contribution in [2.24, 2.45) is 0 Å². The third-order valence-corrected chi connectivity index (χ3v) is 3.76. The highest BCUT2D eigenvalue weighted by atomic mass is 16.6. The van der Waals surface area contributed by atoms with Gasteiger partial charge in [0.15, 0.2) is 5.78 Å². The number of nitrogens with one attached hydrogen (secondary N) is 2. The number of hydrogen-bond donors (Lipinski definition) is 2. The summed E-state index contributed by atoms with van der Waals surface area (Å²) < 4.78 is 0. The van der Waals surface area contributed by atoms with Gasteiger partial charge >= 0.3 is 0 Å². The summed E-state index contributed by atoms with van der Waals surface area (Å²) in [6.07, 6.45) is -0.0791. The summed E-state index contributed by atoms with van der Waals surface area (Å²) in [5.41, 5.74) is 1.19. The fourth-order valence-electron chi connectivity index (χ4n) is 2.63. The molecule has 8 nitrogen and oxygen atoms in total. The molecular weight excluding hydrogens is 350 g/mol. The Balaban J connectivity index is 2.27. The molecule has 8 heteroatoms. The van der Waals surface area contributed by atoms with Crippen molar-refractivity contribution in [1.82, 2.24) is 5.32 Å². The molecule has 2 aromatic carbocycles. The van der Waals surface area contributed by atoms with Crippen molar-refractivity contribution in [3.8, 4) is 0 Å². The number of amides is 2. The van der Waals surface area contributed by atoms with Crippen LogP contribution < -0.4 is 10.6 Å². The van der Waals surface area contributed by atoms with E-state index in [4.69, 9.17) is 0 Å². The van der Waals surface area contributed by atoms with Crippen LogP contribution in [0.5, 0.6) is 0 Å². The van der Waals surface area contributed by atoms with E-state index in [2.05, 4.69) is 10.6 Å². The Morgan fingerprint density at radius 3 is 2.37 bits per heavy atom. The monoisotopic (exact) mass is 369 g/mol. The van der Waals surface area contributed by atoms with E-state index in [0.717, 1.165) is 0 Å². The van der Waals surface area contributed by atoms with Crippen molar-refractivity contribution in [2.45, 2.75) is 26.3 Å². The lowest BCUT2D eigenvalue weighted by atomic mass is 9.97. The zero-order valence-corrected chi connectivity index (χ0v) is 14.9. The van der Waals surface area contributed by atoms with Crippen molar-refractivity contribution >= 4 is 29.0 Å². The Labute approximate surface area is 155 Å². The standard InChI is InChI=1S/C19H19N3O5/c1-12(23)20-16-7-3-6-15(9-16)19(25)11-18(21-13(2)24)14-5-4-8-17(10-14)22(26)27/h3-10,18H,11H2,1-2H3,(H,20,23)(H,21,24). The molecule has 2 rings (SSSR count). The molecule has 0 bridgehead atoms. The summed E-state index contributed by atoms with van der Waals surface area (Å²) in [6.45, 7) is 2.68. The van der Waals surface area contributed by atoms with Gasteiger partial charge in [-0.1, -0.05) is 24.3 Å². The molecule has 2 amide bonds. The summed E-state index contributed by atoms with van der Waals surface area (Å²) >= 11 is 0. The van der Waals surface area contributed by atoms with Crippen LogP contribution in [0.3, 0.4) is 0 Å².